The highest BCUT2D eigenvalue weighted by atomic mass is 35.5. The van der Waals surface area contributed by atoms with Gasteiger partial charge in [0, 0.05) is 124 Å². The normalized spacial score (nSPS) is 18.3. The van der Waals surface area contributed by atoms with Gasteiger partial charge >= 0.3 is 5.51 Å². The Bertz CT molecular complexity index is 4230. The summed E-state index contributed by atoms with van der Waals surface area (Å²) in [5.74, 6) is -2.10. The molecule has 5 aromatic carbocycles. The number of aliphatic hydroxyl groups excluding tert-OH is 1. The number of anilines is 2. The predicted molar refractivity (Wildman–Crippen MR) is 403 cm³/mol. The van der Waals surface area contributed by atoms with Crippen LogP contribution in [0.25, 0.3) is 16.0 Å². The molecule has 10 rings (SSSR count). The monoisotopic (exact) mass is 1530 g/mol. The van der Waals surface area contributed by atoms with Gasteiger partial charge in [0.1, 0.15) is 17.0 Å². The summed E-state index contributed by atoms with van der Waals surface area (Å²) in [6, 6.07) is 30.8. The lowest BCUT2D eigenvalue weighted by molar-refractivity contribution is -0.144. The van der Waals surface area contributed by atoms with Crippen molar-refractivity contribution in [3.63, 3.8) is 0 Å². The maximum absolute atomic E-state index is 14.6. The molecule has 5 amide bonds. The first-order valence-electron chi connectivity index (χ1n) is 35.6. The first-order chi connectivity index (χ1) is 49.5. The van der Waals surface area contributed by atoms with Crippen LogP contribution in [0.1, 0.15) is 138 Å². The third-order valence-electron chi connectivity index (χ3n) is 19.8. The number of allylic oxidation sites excluding steroid dienone is 1. The Morgan fingerprint density at radius 1 is 0.760 bits per heavy atom. The fourth-order valence-corrected chi connectivity index (χ4v) is 17.7. The van der Waals surface area contributed by atoms with Crippen LogP contribution in [0.4, 0.5) is 24.5 Å². The molecule has 1 aromatic heterocycles. The number of carbonyl (C=O) groups is 5. The van der Waals surface area contributed by atoms with Gasteiger partial charge in [-0.3, -0.25) is 33.8 Å². The second kappa shape index (κ2) is 35.4. The number of benzene rings is 5. The number of thioether (sulfide) groups is 1. The van der Waals surface area contributed by atoms with Crippen molar-refractivity contribution in [2.24, 2.45) is 5.41 Å². The molecule has 20 nitrogen and oxygen atoms in total. The number of aromatic nitrogens is 1. The van der Waals surface area contributed by atoms with Gasteiger partial charge in [-0.1, -0.05) is 105 Å². The Morgan fingerprint density at radius 2 is 1.42 bits per heavy atom. The lowest BCUT2D eigenvalue weighted by Gasteiger charge is -2.37. The molecular formula is C76H94ClF3N10O10S4. The molecular weight excluding hydrogens is 1430 g/mol. The Morgan fingerprint density at radius 3 is 2.09 bits per heavy atom. The topological polar surface area (TPSA) is 251 Å². The van der Waals surface area contributed by atoms with Crippen molar-refractivity contribution in [1.82, 2.24) is 39.9 Å². The second-order valence-corrected chi connectivity index (χ2v) is 34.4. The van der Waals surface area contributed by atoms with Crippen molar-refractivity contribution in [2.75, 3.05) is 88.0 Å². The van der Waals surface area contributed by atoms with Crippen LogP contribution in [0.5, 0.6) is 0 Å². The molecule has 5 atom stereocenters. The number of halogens is 4. The Hall–Kier alpha value is -7.37. The minimum atomic E-state index is -6.18. The molecule has 3 fully saturated rings. The molecule has 104 heavy (non-hydrogen) atoms. The van der Waals surface area contributed by atoms with Gasteiger partial charge in [-0.05, 0) is 153 Å². The third-order valence-corrected chi connectivity index (χ3v) is 25.1. The highest BCUT2D eigenvalue weighted by Gasteiger charge is 2.49. The van der Waals surface area contributed by atoms with Crippen molar-refractivity contribution in [2.45, 2.75) is 162 Å². The van der Waals surface area contributed by atoms with Crippen LogP contribution in [0.15, 0.2) is 147 Å². The summed E-state index contributed by atoms with van der Waals surface area (Å²) in [5, 5.41) is 20.4. The first kappa shape index (κ1) is 79.2. The Labute approximate surface area is 621 Å². The van der Waals surface area contributed by atoms with E-state index in [1.165, 1.54) is 51.9 Å². The number of sulfone groups is 1. The molecule has 0 spiro atoms. The number of thiazole rings is 1. The van der Waals surface area contributed by atoms with Crippen molar-refractivity contribution in [3.8, 4) is 10.4 Å². The number of carbonyl (C=O) groups excluding carboxylic acids is 5. The molecule has 4 aliphatic rings. The zero-order valence-corrected chi connectivity index (χ0v) is 63.5. The van der Waals surface area contributed by atoms with Gasteiger partial charge in [0.2, 0.25) is 23.6 Å². The number of unbranched alkanes of at least 4 members (excludes halogenated alkanes) is 2. The molecule has 0 radical (unpaired) electrons. The largest absolute Gasteiger partial charge is 0.501 e. The van der Waals surface area contributed by atoms with Crippen LogP contribution in [0, 0.1) is 12.3 Å². The average Bonchev–Trinajstić information content (AvgIpc) is 0.814. The number of piperazine rings is 2. The van der Waals surface area contributed by atoms with Crippen molar-refractivity contribution in [1.29, 1.82) is 0 Å². The van der Waals surface area contributed by atoms with E-state index >= 15 is 0 Å². The number of alkyl halides is 3. The van der Waals surface area contributed by atoms with E-state index in [1.54, 1.807) is 33.9 Å². The Balaban J connectivity index is 0.688. The summed E-state index contributed by atoms with van der Waals surface area (Å²) < 4.78 is 100. The van der Waals surface area contributed by atoms with Crippen LogP contribution in [-0.4, -0.2) is 184 Å². The number of sulfonamides is 1. The minimum absolute atomic E-state index is 0.0390. The predicted octanol–water partition coefficient (Wildman–Crippen LogP) is 12.2. The van der Waals surface area contributed by atoms with Crippen molar-refractivity contribution >= 4 is 101 Å². The van der Waals surface area contributed by atoms with Gasteiger partial charge in [0.15, 0.2) is 0 Å². The number of rotatable bonds is 28. The molecule has 5 N–H and O–H groups in total. The Kier molecular flexibility index (Phi) is 26.9. The number of likely N-dealkylation sites (tertiary alicyclic amines) is 1. The molecule has 560 valence electrons. The summed E-state index contributed by atoms with van der Waals surface area (Å²) in [6.45, 7) is 15.2. The van der Waals surface area contributed by atoms with E-state index in [-0.39, 0.29) is 48.9 Å². The molecule has 0 unspecified atom stereocenters. The number of hydrogen-bond donors (Lipinski definition) is 5. The standard InChI is InChI=1S/C76H94ClF3N10O10S4/c1-51(53-21-23-55(24-22-53)70-52(2)81-50-102-70)82-73(95)66-45-61(91)48-90(66)74(96)71(75(3,4)5)84-68(92)19-13-8-14-20-69(93)89-43-37-86(38-44-89)36-35-59(49-101-62-16-10-7-11-17-62)83-65-34-33-63(46-67(65)103(97,98)76(78,79)80)104(99,100)85-72(94)56-27-31-60(32-28-56)88-41-39-87(40-42-88)47-57-15-9-6-12-18-64(57)54-25-29-58(77)30-26-54/h7,10-11,16-17,21-34,46,50-51,59,61,66,71,83,91H,6,8-9,12-15,18-20,35-45,47-49H2,1-5H3,(H,82,95)(H,84,92)(H,85,94)/t51-,59+,61+,66-,71+/m0/s1. The fourth-order valence-electron chi connectivity index (χ4n) is 13.8. The summed E-state index contributed by atoms with van der Waals surface area (Å²) in [6.07, 6.45) is 6.80. The van der Waals surface area contributed by atoms with Gasteiger partial charge in [-0.25, -0.2) is 26.5 Å². The fraction of sp³-hybridized carbons (Fsp3) is 0.474. The number of aliphatic hydroxyl groups is 1. The van der Waals surface area contributed by atoms with Gasteiger partial charge < -0.3 is 35.8 Å². The van der Waals surface area contributed by atoms with E-state index in [0.717, 1.165) is 89.7 Å². The molecule has 3 aliphatic heterocycles. The summed E-state index contributed by atoms with van der Waals surface area (Å²) in [4.78, 5) is 82.6. The van der Waals surface area contributed by atoms with Gasteiger partial charge in [-0.15, -0.1) is 23.1 Å². The van der Waals surface area contributed by atoms with Gasteiger partial charge in [0.05, 0.1) is 38.8 Å². The molecule has 4 heterocycles. The van der Waals surface area contributed by atoms with Crippen LogP contribution in [0.3, 0.4) is 0 Å². The van der Waals surface area contributed by atoms with Crippen LogP contribution >= 0.6 is 34.7 Å². The van der Waals surface area contributed by atoms with Crippen LogP contribution < -0.4 is 25.6 Å². The summed E-state index contributed by atoms with van der Waals surface area (Å²) in [7, 11) is -11.1. The molecule has 0 bridgehead atoms. The number of hydrogen-bond acceptors (Lipinski definition) is 17. The van der Waals surface area contributed by atoms with Crippen molar-refractivity contribution in [3.05, 3.63) is 160 Å². The van der Waals surface area contributed by atoms with E-state index < -0.39 is 94.3 Å². The van der Waals surface area contributed by atoms with Crippen LogP contribution in [-0.2, 0) is 39.0 Å². The van der Waals surface area contributed by atoms with E-state index in [2.05, 4.69) is 47.8 Å². The highest BCUT2D eigenvalue weighted by Crippen LogP contribution is 2.39. The zero-order valence-electron chi connectivity index (χ0n) is 59.4. The number of amides is 5. The average molecular weight is 1530 g/mol. The van der Waals surface area contributed by atoms with Gasteiger partial charge in [-0.2, -0.15) is 13.2 Å². The molecule has 6 aromatic rings. The maximum atomic E-state index is 14.6. The molecule has 28 heteroatoms. The minimum Gasteiger partial charge on any atom is -0.391 e. The number of aryl methyl sites for hydroxylation is 1. The third kappa shape index (κ3) is 20.8. The second-order valence-electron chi connectivity index (χ2n) is 28.4. The van der Waals surface area contributed by atoms with Crippen LogP contribution in [0.2, 0.25) is 5.02 Å². The van der Waals surface area contributed by atoms with E-state index in [9.17, 15) is 59.1 Å². The summed E-state index contributed by atoms with van der Waals surface area (Å²) in [5.41, 5.74) is 2.40. The zero-order chi connectivity index (χ0) is 74.5. The molecule has 1 aliphatic carbocycles. The lowest BCUT2D eigenvalue weighted by Crippen LogP contribution is -2.57. The maximum Gasteiger partial charge on any atom is 0.501 e. The quantitative estimate of drug-likeness (QED) is 0.0226. The van der Waals surface area contributed by atoms with E-state index in [1.807, 2.05) is 106 Å². The number of nitrogens with zero attached hydrogens (tertiary/aromatic N) is 6. The SMILES string of the molecule is Cc1ncsc1-c1ccc([C@H](C)NC(=O)[C@@H]2C[C@@H](O)CN2C(=O)[C@@H](NC(=O)CCCCCC(=O)N2CCN(CC[C@H](CSc3ccccc3)Nc3ccc(S(=O)(=O)NC(=O)c4ccc(N5CCN(CC6=C(c7ccc(Cl)cc7)CCCCC6)CC5)cc4)cc3S(=O)(=O)C(F)(F)F)CC2)C(C)(C)C)cc1. The summed E-state index contributed by atoms with van der Waals surface area (Å²) >= 11 is 9.15. The lowest BCUT2D eigenvalue weighted by atomic mass is 9.85. The number of nitrogens with one attached hydrogen (secondary N) is 4. The highest BCUT2D eigenvalue weighted by molar-refractivity contribution is 7.99. The molecule has 3 saturated heterocycles. The van der Waals surface area contributed by atoms with Gasteiger partial charge in [0.25, 0.3) is 25.8 Å². The first-order valence-corrected chi connectivity index (χ1v) is 40.8. The van der Waals surface area contributed by atoms with Crippen molar-refractivity contribution < 1.29 is 59.1 Å². The number of β-amino-alcohol motifs (C(OH)–C–C–N with tert-alkyl or cyclic N) is 1. The van der Waals surface area contributed by atoms with E-state index in [4.69, 9.17) is 11.6 Å². The smallest absolute Gasteiger partial charge is 0.391 e. The van der Waals surface area contributed by atoms with E-state index in [0.29, 0.717) is 82.6 Å². The molecule has 0 saturated carbocycles.